The molecule has 0 bridgehead atoms. The molecule has 0 fully saturated rings. The number of thioether (sulfide) groups is 1. The first kappa shape index (κ1) is 16.8. The molecule has 1 aromatic carbocycles. The number of benzene rings is 1. The van der Waals surface area contributed by atoms with E-state index in [4.69, 9.17) is 16.7 Å². The van der Waals surface area contributed by atoms with E-state index in [0.717, 1.165) is 6.54 Å². The minimum atomic E-state index is -1.07. The third-order valence-corrected chi connectivity index (χ3v) is 3.91. The summed E-state index contributed by atoms with van der Waals surface area (Å²) in [5.74, 6) is -1.33. The Morgan fingerprint density at radius 2 is 2.15 bits per heavy atom. The first-order valence-corrected chi connectivity index (χ1v) is 7.66. The number of rotatable bonds is 7. The Bertz CT molecular complexity index is 497. The molecule has 1 aromatic rings. The van der Waals surface area contributed by atoms with Crippen molar-refractivity contribution < 1.29 is 14.7 Å². The van der Waals surface area contributed by atoms with Gasteiger partial charge in [0.1, 0.15) is 0 Å². The second-order valence-electron chi connectivity index (χ2n) is 4.23. The summed E-state index contributed by atoms with van der Waals surface area (Å²) in [6, 6.07) is 4.18. The van der Waals surface area contributed by atoms with E-state index in [-0.39, 0.29) is 18.0 Å². The Hall–Kier alpha value is -1.24. The van der Waals surface area contributed by atoms with E-state index in [9.17, 15) is 9.59 Å². The zero-order chi connectivity index (χ0) is 15.1. The summed E-state index contributed by atoms with van der Waals surface area (Å²) >= 11 is 7.63. The summed E-state index contributed by atoms with van der Waals surface area (Å²) in [6.45, 7) is 2.93. The molecular weight excluding hydrogens is 300 g/mol. The summed E-state index contributed by atoms with van der Waals surface area (Å²) in [6.07, 6.45) is 2.00. The third-order valence-electron chi connectivity index (χ3n) is 2.61. The molecule has 0 radical (unpaired) electrons. The van der Waals surface area contributed by atoms with Crippen LogP contribution in [0.1, 0.15) is 17.3 Å². The Morgan fingerprint density at radius 3 is 2.75 bits per heavy atom. The van der Waals surface area contributed by atoms with Crippen LogP contribution in [0.15, 0.2) is 18.2 Å². The van der Waals surface area contributed by atoms with E-state index in [1.807, 2.05) is 6.26 Å². The Morgan fingerprint density at radius 1 is 1.45 bits per heavy atom. The largest absolute Gasteiger partial charge is 0.478 e. The van der Waals surface area contributed by atoms with Crippen molar-refractivity contribution in [3.8, 4) is 0 Å². The number of aromatic carboxylic acids is 1. The van der Waals surface area contributed by atoms with E-state index < -0.39 is 5.97 Å². The maximum absolute atomic E-state index is 11.7. The van der Waals surface area contributed by atoms with Gasteiger partial charge in [0.25, 0.3) is 0 Å². The second kappa shape index (κ2) is 8.14. The second-order valence-corrected chi connectivity index (χ2v) is 5.91. The quantitative estimate of drug-likeness (QED) is 0.719. The van der Waals surface area contributed by atoms with Crippen molar-refractivity contribution in [1.82, 2.24) is 5.32 Å². The number of carboxylic acids is 1. The van der Waals surface area contributed by atoms with E-state index in [2.05, 4.69) is 17.6 Å². The Kier molecular flexibility index (Phi) is 6.84. The van der Waals surface area contributed by atoms with Crippen molar-refractivity contribution in [2.24, 2.45) is 0 Å². The molecule has 0 saturated heterocycles. The van der Waals surface area contributed by atoms with Crippen LogP contribution < -0.4 is 10.6 Å². The highest BCUT2D eigenvalue weighted by Crippen LogP contribution is 2.22. The van der Waals surface area contributed by atoms with Crippen LogP contribution in [0, 0.1) is 0 Å². The topological polar surface area (TPSA) is 78.4 Å². The lowest BCUT2D eigenvalue weighted by Gasteiger charge is -2.11. The highest BCUT2D eigenvalue weighted by atomic mass is 35.5. The lowest BCUT2D eigenvalue weighted by atomic mass is 10.2. The third kappa shape index (κ3) is 5.40. The molecule has 110 valence electrons. The van der Waals surface area contributed by atoms with Gasteiger partial charge in [-0.15, -0.1) is 0 Å². The molecule has 0 aliphatic rings. The van der Waals surface area contributed by atoms with Crippen LogP contribution >= 0.6 is 23.4 Å². The average Bonchev–Trinajstić information content (AvgIpc) is 2.40. The fraction of sp³-hybridized carbons (Fsp3) is 0.385. The molecule has 7 heteroatoms. The monoisotopic (exact) mass is 316 g/mol. The zero-order valence-corrected chi connectivity index (χ0v) is 12.8. The van der Waals surface area contributed by atoms with E-state index in [1.165, 1.54) is 18.2 Å². The van der Waals surface area contributed by atoms with Gasteiger partial charge in [-0.25, -0.2) is 4.79 Å². The number of amides is 1. The average molecular weight is 317 g/mol. The summed E-state index contributed by atoms with van der Waals surface area (Å²) in [5.41, 5.74) is 0.380. The van der Waals surface area contributed by atoms with Crippen LogP contribution in [0.5, 0.6) is 0 Å². The molecule has 0 heterocycles. The van der Waals surface area contributed by atoms with Crippen molar-refractivity contribution in [1.29, 1.82) is 0 Å². The molecule has 20 heavy (non-hydrogen) atoms. The van der Waals surface area contributed by atoms with Gasteiger partial charge in [-0.05, 0) is 24.5 Å². The van der Waals surface area contributed by atoms with Gasteiger partial charge in [0.15, 0.2) is 0 Å². The molecule has 1 amide bonds. The van der Waals surface area contributed by atoms with E-state index in [0.29, 0.717) is 16.0 Å². The summed E-state index contributed by atoms with van der Waals surface area (Å²) < 4.78 is 0. The molecule has 1 unspecified atom stereocenters. The minimum Gasteiger partial charge on any atom is -0.478 e. The molecule has 0 saturated carbocycles. The molecule has 0 aromatic heterocycles. The highest BCUT2D eigenvalue weighted by molar-refractivity contribution is 7.99. The van der Waals surface area contributed by atoms with Crippen molar-refractivity contribution in [3.05, 3.63) is 28.8 Å². The predicted octanol–water partition coefficient (Wildman–Crippen LogP) is 2.32. The van der Waals surface area contributed by atoms with Crippen LogP contribution in [0.4, 0.5) is 5.69 Å². The standard InChI is InChI=1S/C13H17ClN2O3S/c1-8(20-2)6-15-7-12(17)16-11-5-9(13(18)19)3-4-10(11)14/h3-5,8,15H,6-7H2,1-2H3,(H,16,17)(H,18,19). The summed E-state index contributed by atoms with van der Waals surface area (Å²) in [4.78, 5) is 22.6. The fourth-order valence-electron chi connectivity index (χ4n) is 1.42. The highest BCUT2D eigenvalue weighted by Gasteiger charge is 2.10. The van der Waals surface area contributed by atoms with E-state index >= 15 is 0 Å². The SMILES string of the molecule is CSC(C)CNCC(=O)Nc1cc(C(=O)O)ccc1Cl. The summed E-state index contributed by atoms with van der Waals surface area (Å²) in [7, 11) is 0. The number of hydrogen-bond acceptors (Lipinski definition) is 4. The number of carbonyl (C=O) groups excluding carboxylic acids is 1. The molecule has 3 N–H and O–H groups in total. The van der Waals surface area contributed by atoms with Crippen molar-refractivity contribution in [2.75, 3.05) is 24.7 Å². The van der Waals surface area contributed by atoms with Crippen molar-refractivity contribution >= 4 is 40.9 Å². The van der Waals surface area contributed by atoms with Gasteiger partial charge < -0.3 is 15.7 Å². The lowest BCUT2D eigenvalue weighted by molar-refractivity contribution is -0.115. The van der Waals surface area contributed by atoms with Crippen LogP contribution in [0.25, 0.3) is 0 Å². The van der Waals surface area contributed by atoms with Crippen LogP contribution in [0.3, 0.4) is 0 Å². The number of anilines is 1. The van der Waals surface area contributed by atoms with Gasteiger partial charge in [-0.2, -0.15) is 11.8 Å². The first-order chi connectivity index (χ1) is 9.43. The van der Waals surface area contributed by atoms with Crippen molar-refractivity contribution in [2.45, 2.75) is 12.2 Å². The van der Waals surface area contributed by atoms with Crippen LogP contribution in [-0.2, 0) is 4.79 Å². The smallest absolute Gasteiger partial charge is 0.335 e. The van der Waals surface area contributed by atoms with Crippen LogP contribution in [0.2, 0.25) is 5.02 Å². The molecule has 0 spiro atoms. The Balaban J connectivity index is 2.57. The molecule has 1 rings (SSSR count). The maximum Gasteiger partial charge on any atom is 0.335 e. The maximum atomic E-state index is 11.7. The molecule has 0 aliphatic carbocycles. The molecule has 0 aliphatic heterocycles. The molecule has 1 atom stereocenters. The lowest BCUT2D eigenvalue weighted by Crippen LogP contribution is -2.32. The predicted molar refractivity (Wildman–Crippen MR) is 82.9 cm³/mol. The molecular formula is C13H17ClN2O3S. The first-order valence-electron chi connectivity index (χ1n) is 6.00. The van der Waals surface area contributed by atoms with Gasteiger partial charge >= 0.3 is 5.97 Å². The number of halogens is 1. The number of carboxylic acid groups (broad SMARTS) is 1. The van der Waals surface area contributed by atoms with E-state index in [1.54, 1.807) is 11.8 Å². The molecule has 5 nitrogen and oxygen atoms in total. The number of carbonyl (C=O) groups is 2. The van der Waals surface area contributed by atoms with Gasteiger partial charge in [-0.3, -0.25) is 4.79 Å². The number of nitrogens with one attached hydrogen (secondary N) is 2. The Labute approximate surface area is 127 Å². The number of hydrogen-bond donors (Lipinski definition) is 3. The van der Waals surface area contributed by atoms with Gasteiger partial charge in [0, 0.05) is 11.8 Å². The van der Waals surface area contributed by atoms with Gasteiger partial charge in [-0.1, -0.05) is 18.5 Å². The van der Waals surface area contributed by atoms with Gasteiger partial charge in [0.05, 0.1) is 22.8 Å². The zero-order valence-electron chi connectivity index (χ0n) is 11.3. The summed E-state index contributed by atoms with van der Waals surface area (Å²) in [5, 5.41) is 15.2. The fourth-order valence-corrected chi connectivity index (χ4v) is 1.87. The normalized spacial score (nSPS) is 11.9. The van der Waals surface area contributed by atoms with Crippen molar-refractivity contribution in [3.63, 3.8) is 0 Å². The minimum absolute atomic E-state index is 0.0775. The van der Waals surface area contributed by atoms with Crippen LogP contribution in [-0.4, -0.2) is 41.6 Å². The van der Waals surface area contributed by atoms with Gasteiger partial charge in [0.2, 0.25) is 5.91 Å².